The number of carbonyl (C=O) groups excluding carboxylic acids is 1. The molecule has 1 spiro atoms. The molecule has 2 aliphatic rings. The molecule has 2 saturated heterocycles. The number of anilines is 1. The lowest BCUT2D eigenvalue weighted by atomic mass is 10.0. The van der Waals surface area contributed by atoms with Crippen molar-refractivity contribution in [1.29, 1.82) is 0 Å². The summed E-state index contributed by atoms with van der Waals surface area (Å²) in [6.07, 6.45) is 3.39. The second kappa shape index (κ2) is 7.25. The first-order chi connectivity index (χ1) is 12.7. The Morgan fingerprint density at radius 3 is 2.85 bits per heavy atom. The van der Waals surface area contributed by atoms with Crippen LogP contribution in [0.25, 0.3) is 10.7 Å². The van der Waals surface area contributed by atoms with E-state index in [9.17, 15) is 4.79 Å². The number of rotatable bonds is 5. The predicted molar refractivity (Wildman–Crippen MR) is 91.6 cm³/mol. The fourth-order valence-electron chi connectivity index (χ4n) is 3.07. The van der Waals surface area contributed by atoms with Crippen LogP contribution in [0.4, 0.5) is 5.13 Å². The zero-order chi connectivity index (χ0) is 18.0. The second-order valence-corrected chi connectivity index (χ2v) is 7.06. The van der Waals surface area contributed by atoms with Crippen molar-refractivity contribution >= 4 is 22.4 Å². The van der Waals surface area contributed by atoms with Crippen LogP contribution in [-0.4, -0.2) is 69.9 Å². The van der Waals surface area contributed by atoms with E-state index in [1.807, 2.05) is 0 Å². The Morgan fingerprint density at radius 2 is 2.12 bits per heavy atom. The maximum Gasteiger partial charge on any atom is 0.329 e. The van der Waals surface area contributed by atoms with Crippen LogP contribution in [0.15, 0.2) is 6.20 Å². The number of nitrogens with zero attached hydrogens (tertiary/aromatic N) is 6. The quantitative estimate of drug-likeness (QED) is 0.693. The van der Waals surface area contributed by atoms with Gasteiger partial charge in [0.05, 0.1) is 30.9 Å². The lowest BCUT2D eigenvalue weighted by molar-refractivity contribution is -0.169. The van der Waals surface area contributed by atoms with Gasteiger partial charge in [0.2, 0.25) is 5.82 Å². The number of thiazole rings is 1. The fraction of sp³-hybridized carbons (Fsp3) is 0.667. The summed E-state index contributed by atoms with van der Waals surface area (Å²) in [4.78, 5) is 20.2. The van der Waals surface area contributed by atoms with Crippen molar-refractivity contribution in [2.24, 2.45) is 0 Å². The third-order valence-corrected chi connectivity index (χ3v) is 5.41. The van der Waals surface area contributed by atoms with Crippen LogP contribution in [0.2, 0.25) is 0 Å². The number of aromatic nitrogens is 5. The molecule has 2 fully saturated rings. The molecule has 0 atom stereocenters. The largest absolute Gasteiger partial charge is 0.465 e. The normalized spacial score (nSPS) is 19.2. The molecule has 0 aliphatic carbocycles. The predicted octanol–water partition coefficient (Wildman–Crippen LogP) is 0.703. The maximum absolute atomic E-state index is 11.5. The van der Waals surface area contributed by atoms with E-state index in [-0.39, 0.29) is 12.5 Å². The van der Waals surface area contributed by atoms with Crippen LogP contribution >= 0.6 is 11.3 Å². The van der Waals surface area contributed by atoms with Gasteiger partial charge in [0.1, 0.15) is 0 Å². The summed E-state index contributed by atoms with van der Waals surface area (Å²) < 4.78 is 16.4. The summed E-state index contributed by atoms with van der Waals surface area (Å²) >= 11 is 1.50. The van der Waals surface area contributed by atoms with E-state index in [1.165, 1.54) is 16.1 Å². The van der Waals surface area contributed by atoms with Gasteiger partial charge in [0.25, 0.3) is 0 Å². The van der Waals surface area contributed by atoms with Gasteiger partial charge in [-0.15, -0.1) is 10.2 Å². The lowest BCUT2D eigenvalue weighted by Gasteiger charge is -2.37. The van der Waals surface area contributed by atoms with Crippen LogP contribution in [0.5, 0.6) is 0 Å². The third-order valence-electron chi connectivity index (χ3n) is 4.35. The third kappa shape index (κ3) is 3.55. The van der Waals surface area contributed by atoms with Crippen molar-refractivity contribution in [3.05, 3.63) is 6.20 Å². The first-order valence-electron chi connectivity index (χ1n) is 8.60. The summed E-state index contributed by atoms with van der Waals surface area (Å²) in [6.45, 7) is 5.03. The van der Waals surface area contributed by atoms with Gasteiger partial charge in [-0.3, -0.25) is 0 Å². The van der Waals surface area contributed by atoms with E-state index < -0.39 is 5.79 Å². The molecule has 2 aliphatic heterocycles. The number of esters is 1. The van der Waals surface area contributed by atoms with E-state index in [1.54, 1.807) is 13.1 Å². The molecule has 0 radical (unpaired) electrons. The number of carbonyl (C=O) groups is 1. The lowest BCUT2D eigenvalue weighted by Crippen LogP contribution is -2.45. The summed E-state index contributed by atoms with van der Waals surface area (Å²) in [5.74, 6) is -0.331. The van der Waals surface area contributed by atoms with Gasteiger partial charge in [-0.05, 0) is 12.1 Å². The van der Waals surface area contributed by atoms with Gasteiger partial charge >= 0.3 is 5.97 Å². The number of hydrogen-bond acceptors (Lipinski definition) is 10. The van der Waals surface area contributed by atoms with E-state index in [2.05, 4.69) is 25.3 Å². The highest BCUT2D eigenvalue weighted by Gasteiger charge is 2.40. The molecule has 26 heavy (non-hydrogen) atoms. The Labute approximate surface area is 154 Å². The first-order valence-corrected chi connectivity index (χ1v) is 9.42. The monoisotopic (exact) mass is 380 g/mol. The molecule has 4 rings (SSSR count). The molecule has 0 amide bonds. The zero-order valence-electron chi connectivity index (χ0n) is 14.5. The summed E-state index contributed by atoms with van der Waals surface area (Å²) in [5.41, 5.74) is 0. The number of tetrazole rings is 1. The minimum Gasteiger partial charge on any atom is -0.465 e. The molecule has 0 N–H and O–H groups in total. The topological polar surface area (TPSA) is 104 Å². The highest BCUT2D eigenvalue weighted by Crippen LogP contribution is 2.35. The van der Waals surface area contributed by atoms with E-state index in [0.717, 1.165) is 35.9 Å². The Hall–Kier alpha value is -2.11. The number of hydrogen-bond donors (Lipinski definition) is 0. The molecular weight excluding hydrogens is 360 g/mol. The maximum atomic E-state index is 11.5. The Bertz CT molecular complexity index is 762. The molecular formula is C15H20N6O4S. The Balaban J connectivity index is 1.39. The van der Waals surface area contributed by atoms with Crippen LogP contribution in [0, 0.1) is 0 Å². The standard InChI is InChI=1S/C15H20N6O4S/c1-2-23-12(22)10-21-18-13(17-19-21)11-9-16-14(26-11)20-5-3-15(4-6-20)24-7-8-25-15/h9H,2-8,10H2,1H3. The minimum absolute atomic E-state index is 0.0549. The van der Waals surface area contributed by atoms with Crippen LogP contribution < -0.4 is 4.90 Å². The van der Waals surface area contributed by atoms with E-state index >= 15 is 0 Å². The van der Waals surface area contributed by atoms with Gasteiger partial charge in [-0.1, -0.05) is 11.3 Å². The molecule has 0 saturated carbocycles. The average Bonchev–Trinajstić information content (AvgIpc) is 3.37. The van der Waals surface area contributed by atoms with Crippen molar-refractivity contribution in [2.75, 3.05) is 37.8 Å². The molecule has 2 aromatic rings. The van der Waals surface area contributed by atoms with Crippen molar-refractivity contribution in [1.82, 2.24) is 25.2 Å². The van der Waals surface area contributed by atoms with Crippen molar-refractivity contribution in [3.63, 3.8) is 0 Å². The van der Waals surface area contributed by atoms with Crippen LogP contribution in [0.3, 0.4) is 0 Å². The molecule has 140 valence electrons. The smallest absolute Gasteiger partial charge is 0.329 e. The summed E-state index contributed by atoms with van der Waals surface area (Å²) in [7, 11) is 0. The molecule has 10 nitrogen and oxygen atoms in total. The summed E-state index contributed by atoms with van der Waals surface area (Å²) in [5, 5.41) is 13.0. The molecule has 0 aromatic carbocycles. The Morgan fingerprint density at radius 1 is 1.35 bits per heavy atom. The molecule has 11 heteroatoms. The van der Waals surface area contributed by atoms with Gasteiger partial charge in [-0.2, -0.15) is 4.80 Å². The Kier molecular flexibility index (Phi) is 4.83. The highest BCUT2D eigenvalue weighted by molar-refractivity contribution is 7.18. The zero-order valence-corrected chi connectivity index (χ0v) is 15.3. The van der Waals surface area contributed by atoms with Gasteiger partial charge in [0.15, 0.2) is 17.5 Å². The first kappa shape index (κ1) is 17.3. The van der Waals surface area contributed by atoms with Gasteiger partial charge in [0, 0.05) is 25.9 Å². The van der Waals surface area contributed by atoms with Gasteiger partial charge < -0.3 is 19.1 Å². The minimum atomic E-state index is -0.395. The van der Waals surface area contributed by atoms with Crippen LogP contribution in [0.1, 0.15) is 19.8 Å². The summed E-state index contributed by atoms with van der Waals surface area (Å²) in [6, 6.07) is 0. The van der Waals surface area contributed by atoms with Crippen molar-refractivity contribution < 1.29 is 19.0 Å². The van der Waals surface area contributed by atoms with E-state index in [4.69, 9.17) is 14.2 Å². The molecule has 4 heterocycles. The molecule has 2 aromatic heterocycles. The molecule has 0 unspecified atom stereocenters. The van der Waals surface area contributed by atoms with Crippen LogP contribution in [-0.2, 0) is 25.5 Å². The fourth-order valence-corrected chi connectivity index (χ4v) is 3.96. The van der Waals surface area contributed by atoms with E-state index in [0.29, 0.717) is 25.6 Å². The SMILES string of the molecule is CCOC(=O)Cn1nnc(-c2cnc(N3CCC4(CC3)OCCO4)s2)n1. The van der Waals surface area contributed by atoms with Crippen molar-refractivity contribution in [3.8, 4) is 10.7 Å². The average molecular weight is 380 g/mol. The number of piperidine rings is 1. The van der Waals surface area contributed by atoms with Crippen molar-refractivity contribution in [2.45, 2.75) is 32.1 Å². The van der Waals surface area contributed by atoms with Gasteiger partial charge in [-0.25, -0.2) is 9.78 Å². The highest BCUT2D eigenvalue weighted by atomic mass is 32.1. The number of ether oxygens (including phenoxy) is 3. The molecule has 0 bridgehead atoms. The second-order valence-electron chi connectivity index (χ2n) is 6.05.